The van der Waals surface area contributed by atoms with Crippen molar-refractivity contribution in [2.24, 2.45) is 5.73 Å². The summed E-state index contributed by atoms with van der Waals surface area (Å²) in [6.45, 7) is -1.28. The smallest absolute Gasteiger partial charge is 0.326 e. The molecule has 4 aromatic rings. The number of nitrogens with one attached hydrogen (secondary N) is 5. The molecule has 0 spiro atoms. The molecular formula is C27H30N6O6. The maximum absolute atomic E-state index is 12.6. The first-order chi connectivity index (χ1) is 18.8. The number of para-hydroxylation sites is 2. The lowest BCUT2D eigenvalue weighted by molar-refractivity contribution is -0.141. The van der Waals surface area contributed by atoms with Crippen molar-refractivity contribution in [2.45, 2.75) is 31.0 Å². The van der Waals surface area contributed by atoms with Crippen LogP contribution in [0.1, 0.15) is 11.1 Å². The third-order valence-electron chi connectivity index (χ3n) is 6.42. The molecule has 0 saturated heterocycles. The number of aromatic nitrogens is 2. The van der Waals surface area contributed by atoms with Crippen molar-refractivity contribution in [3.8, 4) is 0 Å². The minimum Gasteiger partial charge on any atom is -0.480 e. The molecule has 3 amide bonds. The number of carboxylic acids is 1. The van der Waals surface area contributed by atoms with Crippen LogP contribution in [0.25, 0.3) is 21.8 Å². The van der Waals surface area contributed by atoms with Crippen LogP contribution < -0.4 is 21.7 Å². The Bertz CT molecular complexity index is 1490. The lowest BCUT2D eigenvalue weighted by Gasteiger charge is -2.19. The lowest BCUT2D eigenvalue weighted by atomic mass is 10.0. The Morgan fingerprint density at radius 1 is 0.795 bits per heavy atom. The number of hydrogen-bond acceptors (Lipinski definition) is 6. The number of nitrogens with two attached hydrogens (primary N) is 1. The highest BCUT2D eigenvalue weighted by atomic mass is 16.4. The molecule has 3 atom stereocenters. The Morgan fingerprint density at radius 2 is 1.36 bits per heavy atom. The van der Waals surface area contributed by atoms with Gasteiger partial charge in [0.1, 0.15) is 12.1 Å². The molecule has 39 heavy (non-hydrogen) atoms. The fourth-order valence-electron chi connectivity index (χ4n) is 4.36. The van der Waals surface area contributed by atoms with E-state index in [1.807, 2.05) is 48.5 Å². The number of hydrogen-bond donors (Lipinski definition) is 8. The molecule has 0 aliphatic carbocycles. The van der Waals surface area contributed by atoms with E-state index in [4.69, 9.17) is 5.73 Å². The summed E-state index contributed by atoms with van der Waals surface area (Å²) in [6, 6.07) is 11.4. The summed E-state index contributed by atoms with van der Waals surface area (Å²) in [7, 11) is 0. The van der Waals surface area contributed by atoms with Gasteiger partial charge in [0.15, 0.2) is 0 Å². The molecular weight excluding hydrogens is 504 g/mol. The highest BCUT2D eigenvalue weighted by molar-refractivity contribution is 5.93. The maximum atomic E-state index is 12.6. The van der Waals surface area contributed by atoms with E-state index in [1.165, 1.54) is 0 Å². The van der Waals surface area contributed by atoms with Gasteiger partial charge in [0.05, 0.1) is 19.2 Å². The van der Waals surface area contributed by atoms with E-state index in [0.29, 0.717) is 0 Å². The van der Waals surface area contributed by atoms with E-state index in [2.05, 4.69) is 25.9 Å². The van der Waals surface area contributed by atoms with Gasteiger partial charge in [-0.25, -0.2) is 4.79 Å². The number of aliphatic carboxylic acids is 1. The van der Waals surface area contributed by atoms with Gasteiger partial charge in [-0.2, -0.15) is 0 Å². The summed E-state index contributed by atoms with van der Waals surface area (Å²) in [5, 5.41) is 28.1. The van der Waals surface area contributed by atoms with Crippen LogP contribution in [0.4, 0.5) is 0 Å². The van der Waals surface area contributed by atoms with E-state index in [9.17, 15) is 29.4 Å². The second-order valence-electron chi connectivity index (χ2n) is 9.15. The minimum absolute atomic E-state index is 0.0304. The van der Waals surface area contributed by atoms with E-state index in [0.717, 1.165) is 32.9 Å². The summed E-state index contributed by atoms with van der Waals surface area (Å²) in [5.41, 5.74) is 9.32. The Hall–Kier alpha value is -4.68. The largest absolute Gasteiger partial charge is 0.480 e. The Labute approximate surface area is 223 Å². The quantitative estimate of drug-likeness (QED) is 0.124. The van der Waals surface area contributed by atoms with E-state index in [-0.39, 0.29) is 12.8 Å². The van der Waals surface area contributed by atoms with Crippen molar-refractivity contribution >= 4 is 45.5 Å². The van der Waals surface area contributed by atoms with Crippen molar-refractivity contribution in [3.63, 3.8) is 0 Å². The van der Waals surface area contributed by atoms with Gasteiger partial charge in [0.25, 0.3) is 0 Å². The first-order valence-electron chi connectivity index (χ1n) is 12.3. The van der Waals surface area contributed by atoms with Gasteiger partial charge in [-0.15, -0.1) is 0 Å². The van der Waals surface area contributed by atoms with Crippen LogP contribution in [0.5, 0.6) is 0 Å². The molecule has 0 saturated carbocycles. The number of carbonyl (C=O) groups excluding carboxylic acids is 3. The van der Waals surface area contributed by atoms with Gasteiger partial charge in [0, 0.05) is 40.6 Å². The number of amides is 3. The van der Waals surface area contributed by atoms with Gasteiger partial charge in [0.2, 0.25) is 17.7 Å². The molecule has 0 aliphatic rings. The molecule has 4 rings (SSSR count). The van der Waals surface area contributed by atoms with Crippen LogP contribution in [0, 0.1) is 0 Å². The molecule has 12 nitrogen and oxygen atoms in total. The summed E-state index contributed by atoms with van der Waals surface area (Å²) in [4.78, 5) is 55.4. The first-order valence-corrected chi connectivity index (χ1v) is 12.3. The molecule has 3 unspecified atom stereocenters. The fraction of sp³-hybridized carbons (Fsp3) is 0.259. The van der Waals surface area contributed by atoms with Crippen LogP contribution in [-0.2, 0) is 32.0 Å². The average molecular weight is 535 g/mol. The van der Waals surface area contributed by atoms with Gasteiger partial charge < -0.3 is 41.9 Å². The summed E-state index contributed by atoms with van der Waals surface area (Å²) in [6.07, 6.45) is 3.68. The molecule has 0 bridgehead atoms. The van der Waals surface area contributed by atoms with E-state index in [1.54, 1.807) is 12.4 Å². The summed E-state index contributed by atoms with van der Waals surface area (Å²) < 4.78 is 0. The van der Waals surface area contributed by atoms with Crippen molar-refractivity contribution in [1.29, 1.82) is 0 Å². The average Bonchev–Trinajstić information content (AvgIpc) is 3.54. The van der Waals surface area contributed by atoms with Gasteiger partial charge in [-0.3, -0.25) is 14.4 Å². The Kier molecular flexibility index (Phi) is 8.59. The molecule has 0 radical (unpaired) electrons. The first kappa shape index (κ1) is 27.4. The predicted octanol–water partition coefficient (Wildman–Crippen LogP) is -0.0756. The zero-order chi connectivity index (χ0) is 27.9. The molecule has 2 aromatic carbocycles. The van der Waals surface area contributed by atoms with Crippen molar-refractivity contribution < 1.29 is 29.4 Å². The SMILES string of the molecule is NC(Cc1c[nH]c2ccccc12)C(=O)NC(CO)C(=O)NCC(=O)NC(Cc1c[nH]c2ccccc12)C(=O)O. The molecule has 2 heterocycles. The van der Waals surface area contributed by atoms with Gasteiger partial charge in [-0.05, 0) is 29.7 Å². The summed E-state index contributed by atoms with van der Waals surface area (Å²) in [5.74, 6) is -3.44. The molecule has 204 valence electrons. The number of benzene rings is 2. The van der Waals surface area contributed by atoms with E-state index < -0.39 is 55.0 Å². The topological polar surface area (TPSA) is 202 Å². The van der Waals surface area contributed by atoms with Crippen LogP contribution in [0.2, 0.25) is 0 Å². The van der Waals surface area contributed by atoms with Crippen LogP contribution >= 0.6 is 0 Å². The van der Waals surface area contributed by atoms with E-state index >= 15 is 0 Å². The number of carbonyl (C=O) groups is 4. The molecule has 2 aromatic heterocycles. The maximum Gasteiger partial charge on any atom is 0.326 e. The predicted molar refractivity (Wildman–Crippen MR) is 144 cm³/mol. The number of carboxylic acid groups (broad SMARTS) is 1. The second kappa shape index (κ2) is 12.2. The lowest BCUT2D eigenvalue weighted by Crippen LogP contribution is -2.55. The summed E-state index contributed by atoms with van der Waals surface area (Å²) >= 11 is 0. The zero-order valence-electron chi connectivity index (χ0n) is 20.9. The van der Waals surface area contributed by atoms with Crippen molar-refractivity contribution in [2.75, 3.05) is 13.2 Å². The Morgan fingerprint density at radius 3 is 1.92 bits per heavy atom. The second-order valence-corrected chi connectivity index (χ2v) is 9.15. The highest BCUT2D eigenvalue weighted by Crippen LogP contribution is 2.20. The van der Waals surface area contributed by atoms with Crippen molar-refractivity contribution in [1.82, 2.24) is 25.9 Å². The fourth-order valence-corrected chi connectivity index (χ4v) is 4.36. The van der Waals surface area contributed by atoms with Gasteiger partial charge in [-0.1, -0.05) is 36.4 Å². The minimum atomic E-state index is -1.35. The highest BCUT2D eigenvalue weighted by Gasteiger charge is 2.26. The van der Waals surface area contributed by atoms with Gasteiger partial charge >= 0.3 is 5.97 Å². The number of aliphatic hydroxyl groups is 1. The Balaban J connectivity index is 1.28. The number of aliphatic hydroxyl groups excluding tert-OH is 1. The van der Waals surface area contributed by atoms with Crippen LogP contribution in [0.15, 0.2) is 60.9 Å². The molecule has 0 aliphatic heterocycles. The normalized spacial score (nSPS) is 13.5. The monoisotopic (exact) mass is 534 g/mol. The molecule has 9 N–H and O–H groups in total. The zero-order valence-corrected chi connectivity index (χ0v) is 20.9. The molecule has 12 heteroatoms. The van der Waals surface area contributed by atoms with Crippen LogP contribution in [-0.4, -0.2) is 75.1 Å². The number of fused-ring (bicyclic) bond motifs is 2. The number of H-pyrrole nitrogens is 2. The third-order valence-corrected chi connectivity index (χ3v) is 6.42. The number of aromatic amines is 2. The standard InChI is InChI=1S/C27H30N6O6/c28-19(9-15-11-29-20-7-3-1-5-17(15)20)25(36)33-23(14-34)26(37)31-13-24(35)32-22(27(38)39)10-16-12-30-21-8-4-2-6-18(16)21/h1-8,11-12,19,22-23,29-30,34H,9-10,13-14,28H2,(H,31,37)(H,32,35)(H,33,36)(H,38,39). The third kappa shape index (κ3) is 6.61. The number of rotatable bonds is 12. The van der Waals surface area contributed by atoms with Crippen LogP contribution in [0.3, 0.4) is 0 Å². The molecule has 0 fully saturated rings. The van der Waals surface area contributed by atoms with Crippen molar-refractivity contribution in [3.05, 3.63) is 72.1 Å².